The Kier molecular flexibility index (Phi) is 3.43. The van der Waals surface area contributed by atoms with Crippen molar-refractivity contribution in [2.75, 3.05) is 33.3 Å². The van der Waals surface area contributed by atoms with Crippen LogP contribution in [0.1, 0.15) is 12.8 Å². The normalized spacial score (nSPS) is 31.0. The minimum atomic E-state index is -0.137. The molecule has 2 N–H and O–H groups in total. The van der Waals surface area contributed by atoms with Gasteiger partial charge in [0.2, 0.25) is 0 Å². The maximum absolute atomic E-state index is 11.0. The number of amides is 2. The fourth-order valence-corrected chi connectivity index (χ4v) is 2.30. The van der Waals surface area contributed by atoms with Gasteiger partial charge in [0.1, 0.15) is 0 Å². The van der Waals surface area contributed by atoms with Crippen molar-refractivity contribution in [1.29, 1.82) is 0 Å². The third-order valence-electron chi connectivity index (χ3n) is 3.18. The maximum atomic E-state index is 11.0. The highest BCUT2D eigenvalue weighted by molar-refractivity contribution is 5.73. The van der Waals surface area contributed by atoms with Crippen molar-refractivity contribution >= 4 is 6.03 Å². The molecule has 2 aliphatic heterocycles. The molecule has 15 heavy (non-hydrogen) atoms. The van der Waals surface area contributed by atoms with E-state index in [9.17, 15) is 4.79 Å². The molecular formula is C10H19N3O2. The standard InChI is InChI=1S/C10H19N3O2/c1-11-10(14)12-5-9-6-13-4-2-3-8(13)7-15-9/h8-9H,2-7H2,1H3,(H2,11,12,14). The van der Waals surface area contributed by atoms with Crippen molar-refractivity contribution in [3.63, 3.8) is 0 Å². The molecule has 5 nitrogen and oxygen atoms in total. The van der Waals surface area contributed by atoms with Gasteiger partial charge < -0.3 is 15.4 Å². The van der Waals surface area contributed by atoms with Crippen molar-refractivity contribution in [1.82, 2.24) is 15.5 Å². The summed E-state index contributed by atoms with van der Waals surface area (Å²) in [5.41, 5.74) is 0. The number of hydrogen-bond donors (Lipinski definition) is 2. The van der Waals surface area contributed by atoms with Gasteiger partial charge in [0.05, 0.1) is 12.7 Å². The average molecular weight is 213 g/mol. The fourth-order valence-electron chi connectivity index (χ4n) is 2.30. The molecule has 5 heteroatoms. The molecule has 0 aromatic carbocycles. The van der Waals surface area contributed by atoms with E-state index in [1.807, 2.05) is 0 Å². The topological polar surface area (TPSA) is 53.6 Å². The second kappa shape index (κ2) is 4.81. The van der Waals surface area contributed by atoms with E-state index in [0.717, 1.165) is 13.2 Å². The van der Waals surface area contributed by atoms with Gasteiger partial charge in [-0.1, -0.05) is 0 Å². The van der Waals surface area contributed by atoms with E-state index in [4.69, 9.17) is 4.74 Å². The van der Waals surface area contributed by atoms with E-state index in [2.05, 4.69) is 15.5 Å². The summed E-state index contributed by atoms with van der Waals surface area (Å²) in [6.07, 6.45) is 2.69. The van der Waals surface area contributed by atoms with E-state index in [0.29, 0.717) is 12.6 Å². The summed E-state index contributed by atoms with van der Waals surface area (Å²) in [5.74, 6) is 0. The van der Waals surface area contributed by atoms with Crippen LogP contribution < -0.4 is 10.6 Å². The molecule has 0 spiro atoms. The Bertz CT molecular complexity index is 235. The van der Waals surface area contributed by atoms with Crippen LogP contribution in [-0.4, -0.2) is 56.4 Å². The van der Waals surface area contributed by atoms with Crippen molar-refractivity contribution in [3.8, 4) is 0 Å². The van der Waals surface area contributed by atoms with Crippen molar-refractivity contribution < 1.29 is 9.53 Å². The van der Waals surface area contributed by atoms with E-state index in [1.54, 1.807) is 7.05 Å². The molecule has 0 aliphatic carbocycles. The van der Waals surface area contributed by atoms with Gasteiger partial charge in [-0.15, -0.1) is 0 Å². The molecule has 2 saturated heterocycles. The Morgan fingerprint density at radius 3 is 3.27 bits per heavy atom. The Morgan fingerprint density at radius 1 is 1.60 bits per heavy atom. The van der Waals surface area contributed by atoms with Crippen LogP contribution in [0.2, 0.25) is 0 Å². The molecular weight excluding hydrogens is 194 g/mol. The van der Waals surface area contributed by atoms with Crippen LogP contribution in [0.25, 0.3) is 0 Å². The minimum Gasteiger partial charge on any atom is -0.373 e. The number of carbonyl (C=O) groups is 1. The molecule has 2 aliphatic rings. The van der Waals surface area contributed by atoms with E-state index in [1.165, 1.54) is 19.4 Å². The second-order valence-corrected chi connectivity index (χ2v) is 4.21. The lowest BCUT2D eigenvalue weighted by molar-refractivity contribution is -0.0457. The van der Waals surface area contributed by atoms with Crippen molar-refractivity contribution in [3.05, 3.63) is 0 Å². The van der Waals surface area contributed by atoms with Gasteiger partial charge in [-0.05, 0) is 19.4 Å². The fraction of sp³-hybridized carbons (Fsp3) is 0.900. The first-order valence-corrected chi connectivity index (χ1v) is 5.61. The predicted molar refractivity (Wildman–Crippen MR) is 56.8 cm³/mol. The molecule has 86 valence electrons. The summed E-state index contributed by atoms with van der Waals surface area (Å²) >= 11 is 0. The molecule has 2 unspecified atom stereocenters. The van der Waals surface area contributed by atoms with Crippen LogP contribution in [0.15, 0.2) is 0 Å². The first kappa shape index (κ1) is 10.7. The lowest BCUT2D eigenvalue weighted by atomic mass is 10.2. The largest absolute Gasteiger partial charge is 0.373 e. The zero-order valence-corrected chi connectivity index (χ0v) is 9.16. The van der Waals surface area contributed by atoms with Crippen molar-refractivity contribution in [2.24, 2.45) is 0 Å². The predicted octanol–water partition coefficient (Wildman–Crippen LogP) is -0.221. The number of nitrogens with zero attached hydrogens (tertiary/aromatic N) is 1. The Balaban J connectivity index is 1.73. The number of carbonyl (C=O) groups excluding carboxylic acids is 1. The molecule has 2 heterocycles. The molecule has 0 saturated carbocycles. The number of fused-ring (bicyclic) bond motifs is 1. The van der Waals surface area contributed by atoms with Gasteiger partial charge in [-0.3, -0.25) is 4.90 Å². The van der Waals surface area contributed by atoms with Crippen LogP contribution in [0.4, 0.5) is 4.79 Å². The average Bonchev–Trinajstić information content (AvgIpc) is 2.72. The monoisotopic (exact) mass is 213 g/mol. The lowest BCUT2D eigenvalue weighted by Gasteiger charge is -2.35. The van der Waals surface area contributed by atoms with Crippen molar-refractivity contribution in [2.45, 2.75) is 25.0 Å². The molecule has 2 atom stereocenters. The highest BCUT2D eigenvalue weighted by Crippen LogP contribution is 2.22. The summed E-state index contributed by atoms with van der Waals surface area (Å²) < 4.78 is 5.70. The van der Waals surface area contributed by atoms with E-state index < -0.39 is 0 Å². The minimum absolute atomic E-state index is 0.137. The number of rotatable bonds is 2. The first-order chi connectivity index (χ1) is 7.29. The van der Waals surface area contributed by atoms with Gasteiger partial charge in [-0.2, -0.15) is 0 Å². The summed E-state index contributed by atoms with van der Waals surface area (Å²) in [5, 5.41) is 5.31. The summed E-state index contributed by atoms with van der Waals surface area (Å²) in [4.78, 5) is 13.5. The second-order valence-electron chi connectivity index (χ2n) is 4.21. The van der Waals surface area contributed by atoms with Gasteiger partial charge in [-0.25, -0.2) is 4.79 Å². The molecule has 0 aromatic heterocycles. The number of hydrogen-bond acceptors (Lipinski definition) is 3. The molecule has 0 radical (unpaired) electrons. The number of nitrogens with one attached hydrogen (secondary N) is 2. The number of urea groups is 1. The van der Waals surface area contributed by atoms with Crippen LogP contribution in [0.3, 0.4) is 0 Å². The van der Waals surface area contributed by atoms with Crippen LogP contribution >= 0.6 is 0 Å². The molecule has 0 aromatic rings. The van der Waals surface area contributed by atoms with Crippen LogP contribution in [0.5, 0.6) is 0 Å². The Hall–Kier alpha value is -0.810. The van der Waals surface area contributed by atoms with Crippen LogP contribution in [-0.2, 0) is 4.74 Å². The zero-order valence-electron chi connectivity index (χ0n) is 9.16. The highest BCUT2D eigenvalue weighted by Gasteiger charge is 2.32. The van der Waals surface area contributed by atoms with E-state index in [-0.39, 0.29) is 12.1 Å². The smallest absolute Gasteiger partial charge is 0.314 e. The van der Waals surface area contributed by atoms with Gasteiger partial charge in [0.15, 0.2) is 0 Å². The number of morpholine rings is 1. The molecule has 2 amide bonds. The number of ether oxygens (including phenoxy) is 1. The highest BCUT2D eigenvalue weighted by atomic mass is 16.5. The molecule has 2 rings (SSSR count). The SMILES string of the molecule is CNC(=O)NCC1CN2CCCC2CO1. The van der Waals surface area contributed by atoms with E-state index >= 15 is 0 Å². The van der Waals surface area contributed by atoms with Gasteiger partial charge in [0, 0.05) is 26.2 Å². The van der Waals surface area contributed by atoms with Gasteiger partial charge >= 0.3 is 6.03 Å². The molecule has 2 fully saturated rings. The third kappa shape index (κ3) is 2.60. The lowest BCUT2D eigenvalue weighted by Crippen LogP contribution is -2.50. The maximum Gasteiger partial charge on any atom is 0.314 e. The Labute approximate surface area is 90.1 Å². The third-order valence-corrected chi connectivity index (χ3v) is 3.18. The van der Waals surface area contributed by atoms with Crippen LogP contribution in [0, 0.1) is 0 Å². The first-order valence-electron chi connectivity index (χ1n) is 5.61. The molecule has 0 bridgehead atoms. The Morgan fingerprint density at radius 2 is 2.47 bits per heavy atom. The quantitative estimate of drug-likeness (QED) is 0.666. The summed E-state index contributed by atoms with van der Waals surface area (Å²) in [7, 11) is 1.62. The summed E-state index contributed by atoms with van der Waals surface area (Å²) in [6, 6.07) is 0.489. The summed E-state index contributed by atoms with van der Waals surface area (Å²) in [6.45, 7) is 3.56. The zero-order chi connectivity index (χ0) is 10.7. The van der Waals surface area contributed by atoms with Gasteiger partial charge in [0.25, 0.3) is 0 Å².